The molecule has 0 aliphatic carbocycles. The second-order valence-corrected chi connectivity index (χ2v) is 5.70. The summed E-state index contributed by atoms with van der Waals surface area (Å²) in [6.45, 7) is 7.72. The lowest BCUT2D eigenvalue weighted by molar-refractivity contribution is 0.102. The van der Waals surface area contributed by atoms with E-state index < -0.39 is 0 Å². The maximum absolute atomic E-state index is 12.3. The first kappa shape index (κ1) is 15.6. The molecule has 0 bridgehead atoms. The summed E-state index contributed by atoms with van der Waals surface area (Å²) < 4.78 is 5.53. The van der Waals surface area contributed by atoms with E-state index in [-0.39, 0.29) is 36.8 Å². The third-order valence-electron chi connectivity index (χ3n) is 3.94. The number of rotatable bonds is 6. The van der Waals surface area contributed by atoms with E-state index in [1.54, 1.807) is 11.0 Å². The van der Waals surface area contributed by atoms with Crippen LogP contribution < -0.4 is 0 Å². The Kier molecular flexibility index (Phi) is 5.02. The van der Waals surface area contributed by atoms with Crippen molar-refractivity contribution in [1.29, 1.82) is 0 Å². The van der Waals surface area contributed by atoms with Crippen molar-refractivity contribution in [2.24, 2.45) is 5.92 Å². The first-order valence-corrected chi connectivity index (χ1v) is 7.35. The molecule has 1 fully saturated rings. The van der Waals surface area contributed by atoms with Crippen LogP contribution in [0.5, 0.6) is 0 Å². The Hall–Kier alpha value is -1.81. The number of ether oxygens (including phenoxy) is 1. The molecule has 21 heavy (non-hydrogen) atoms. The number of benzene rings is 1. The minimum absolute atomic E-state index is 0.0904. The van der Waals surface area contributed by atoms with E-state index in [0.717, 1.165) is 5.56 Å². The van der Waals surface area contributed by atoms with Gasteiger partial charge in [0.25, 0.3) is 0 Å². The highest BCUT2D eigenvalue weighted by Crippen LogP contribution is 2.34. The number of aliphatic hydroxyl groups is 1. The van der Waals surface area contributed by atoms with Crippen LogP contribution in [0.3, 0.4) is 0 Å². The molecule has 3 atom stereocenters. The molecule has 1 heterocycles. The molecule has 1 aromatic rings. The van der Waals surface area contributed by atoms with E-state index in [1.807, 2.05) is 44.2 Å². The summed E-state index contributed by atoms with van der Waals surface area (Å²) in [5.41, 5.74) is 0.912. The zero-order chi connectivity index (χ0) is 15.4. The molecule has 2 rings (SSSR count). The summed E-state index contributed by atoms with van der Waals surface area (Å²) in [6, 6.07) is 9.09. The molecule has 1 amide bonds. The Labute approximate surface area is 126 Å². The van der Waals surface area contributed by atoms with Crippen molar-refractivity contribution < 1.29 is 14.6 Å². The summed E-state index contributed by atoms with van der Waals surface area (Å²) >= 11 is 0. The zero-order valence-electron chi connectivity index (χ0n) is 12.6. The summed E-state index contributed by atoms with van der Waals surface area (Å²) in [4.78, 5) is 14.0. The van der Waals surface area contributed by atoms with Gasteiger partial charge < -0.3 is 9.84 Å². The number of amides is 1. The van der Waals surface area contributed by atoms with Gasteiger partial charge in [0.1, 0.15) is 6.10 Å². The lowest BCUT2D eigenvalue weighted by Crippen LogP contribution is -2.41. The summed E-state index contributed by atoms with van der Waals surface area (Å²) in [7, 11) is 0. The van der Waals surface area contributed by atoms with Crippen molar-refractivity contribution in [3.8, 4) is 0 Å². The first-order valence-electron chi connectivity index (χ1n) is 7.35. The topological polar surface area (TPSA) is 49.8 Å². The predicted molar refractivity (Wildman–Crippen MR) is 81.8 cm³/mol. The number of cyclic esters (lactones) is 1. The van der Waals surface area contributed by atoms with Crippen molar-refractivity contribution in [3.05, 3.63) is 48.6 Å². The number of nitrogens with zero attached hydrogens (tertiary/aromatic N) is 1. The van der Waals surface area contributed by atoms with Gasteiger partial charge in [-0.25, -0.2) is 4.79 Å². The summed E-state index contributed by atoms with van der Waals surface area (Å²) in [6.07, 6.45) is 1.92. The second kappa shape index (κ2) is 6.76. The fourth-order valence-corrected chi connectivity index (χ4v) is 2.94. The number of hydrogen-bond acceptors (Lipinski definition) is 3. The van der Waals surface area contributed by atoms with E-state index in [1.165, 1.54) is 0 Å². The SMILES string of the molecule is C=CC[C@@H]1[C@@H](C(C)C)OC(=O)N1[C@@H](CO)c1ccccc1. The van der Waals surface area contributed by atoms with Crippen molar-refractivity contribution >= 4 is 6.09 Å². The molecule has 0 spiro atoms. The number of carbonyl (C=O) groups excluding carboxylic acids is 1. The summed E-state index contributed by atoms with van der Waals surface area (Å²) in [5, 5.41) is 9.79. The van der Waals surface area contributed by atoms with Crippen LogP contribution in [-0.4, -0.2) is 34.9 Å². The van der Waals surface area contributed by atoms with E-state index in [9.17, 15) is 9.90 Å². The molecule has 4 nitrogen and oxygen atoms in total. The van der Waals surface area contributed by atoms with Crippen LogP contribution in [0.1, 0.15) is 31.9 Å². The molecule has 1 N–H and O–H groups in total. The molecule has 114 valence electrons. The van der Waals surface area contributed by atoms with Crippen LogP contribution in [0.25, 0.3) is 0 Å². The molecule has 1 saturated heterocycles. The second-order valence-electron chi connectivity index (χ2n) is 5.70. The van der Waals surface area contributed by atoms with Crippen molar-refractivity contribution in [1.82, 2.24) is 4.90 Å². The van der Waals surface area contributed by atoms with Gasteiger partial charge in [-0.2, -0.15) is 0 Å². The number of hydrogen-bond donors (Lipinski definition) is 1. The van der Waals surface area contributed by atoms with Crippen LogP contribution in [0.15, 0.2) is 43.0 Å². The van der Waals surface area contributed by atoms with E-state index in [4.69, 9.17) is 4.74 Å². The molecule has 0 radical (unpaired) electrons. The van der Waals surface area contributed by atoms with Crippen LogP contribution in [-0.2, 0) is 4.74 Å². The molecule has 0 saturated carbocycles. The van der Waals surface area contributed by atoms with Crippen LogP contribution in [0, 0.1) is 5.92 Å². The highest BCUT2D eigenvalue weighted by atomic mass is 16.6. The highest BCUT2D eigenvalue weighted by molar-refractivity contribution is 5.71. The smallest absolute Gasteiger partial charge is 0.411 e. The highest BCUT2D eigenvalue weighted by Gasteiger charge is 2.45. The maximum atomic E-state index is 12.3. The largest absolute Gasteiger partial charge is 0.444 e. The van der Waals surface area contributed by atoms with Crippen LogP contribution >= 0.6 is 0 Å². The predicted octanol–water partition coefficient (Wildman–Crippen LogP) is 3.14. The Morgan fingerprint density at radius 2 is 2.05 bits per heavy atom. The third-order valence-corrected chi connectivity index (χ3v) is 3.94. The molecule has 1 aliphatic heterocycles. The molecular weight excluding hydrogens is 266 g/mol. The van der Waals surface area contributed by atoms with Gasteiger partial charge in [-0.3, -0.25) is 4.90 Å². The van der Waals surface area contributed by atoms with Gasteiger partial charge in [0.2, 0.25) is 0 Å². The van der Waals surface area contributed by atoms with Gasteiger partial charge >= 0.3 is 6.09 Å². The number of carbonyl (C=O) groups is 1. The maximum Gasteiger partial charge on any atom is 0.411 e. The zero-order valence-corrected chi connectivity index (χ0v) is 12.6. The normalized spacial score (nSPS) is 23.2. The van der Waals surface area contributed by atoms with Gasteiger partial charge in [0, 0.05) is 0 Å². The number of aliphatic hydroxyl groups excluding tert-OH is 1. The molecule has 0 unspecified atom stereocenters. The van der Waals surface area contributed by atoms with E-state index in [2.05, 4.69) is 6.58 Å². The monoisotopic (exact) mass is 289 g/mol. The fourth-order valence-electron chi connectivity index (χ4n) is 2.94. The van der Waals surface area contributed by atoms with Gasteiger partial charge in [-0.15, -0.1) is 6.58 Å². The molecule has 1 aromatic carbocycles. The van der Waals surface area contributed by atoms with Crippen molar-refractivity contribution in [3.63, 3.8) is 0 Å². The standard InChI is InChI=1S/C17H23NO3/c1-4-8-14-16(12(2)3)21-17(20)18(14)15(11-19)13-9-6-5-7-10-13/h4-7,9-10,12,14-16,19H,1,8,11H2,2-3H3/t14-,15+,16-/m1/s1. The quantitative estimate of drug-likeness (QED) is 0.818. The van der Waals surface area contributed by atoms with Crippen LogP contribution in [0.4, 0.5) is 4.79 Å². The van der Waals surface area contributed by atoms with Gasteiger partial charge in [-0.1, -0.05) is 50.3 Å². The average molecular weight is 289 g/mol. The minimum atomic E-state index is -0.382. The van der Waals surface area contributed by atoms with Gasteiger partial charge in [0.15, 0.2) is 0 Å². The van der Waals surface area contributed by atoms with Crippen LogP contribution in [0.2, 0.25) is 0 Å². The summed E-state index contributed by atoms with van der Waals surface area (Å²) in [5.74, 6) is 0.221. The Balaban J connectivity index is 2.33. The Morgan fingerprint density at radius 3 is 2.57 bits per heavy atom. The fraction of sp³-hybridized carbons (Fsp3) is 0.471. The lowest BCUT2D eigenvalue weighted by Gasteiger charge is -2.31. The lowest BCUT2D eigenvalue weighted by atomic mass is 9.95. The molecular formula is C17H23NO3. The average Bonchev–Trinajstić information content (AvgIpc) is 2.80. The Morgan fingerprint density at radius 1 is 1.38 bits per heavy atom. The minimum Gasteiger partial charge on any atom is -0.444 e. The molecule has 4 heteroatoms. The van der Waals surface area contributed by atoms with Gasteiger partial charge in [0.05, 0.1) is 18.7 Å². The van der Waals surface area contributed by atoms with E-state index >= 15 is 0 Å². The van der Waals surface area contributed by atoms with E-state index in [0.29, 0.717) is 6.42 Å². The first-order chi connectivity index (χ1) is 10.1. The van der Waals surface area contributed by atoms with Gasteiger partial charge in [-0.05, 0) is 17.9 Å². The Bertz CT molecular complexity index is 486. The molecule has 1 aliphatic rings. The van der Waals surface area contributed by atoms with Crippen molar-refractivity contribution in [2.45, 2.75) is 38.5 Å². The molecule has 0 aromatic heterocycles. The van der Waals surface area contributed by atoms with Crippen molar-refractivity contribution in [2.75, 3.05) is 6.61 Å². The third kappa shape index (κ3) is 3.10.